The molecule has 5 nitrogen and oxygen atoms in total. The first-order chi connectivity index (χ1) is 12.2. The average molecular weight is 339 g/mol. The van der Waals surface area contributed by atoms with Gasteiger partial charge in [0.2, 0.25) is 0 Å². The third kappa shape index (κ3) is 5.08. The molecule has 0 radical (unpaired) electrons. The molecular formula is C20H29N5. The minimum absolute atomic E-state index is 0.708. The van der Waals surface area contributed by atoms with Gasteiger partial charge in [0.1, 0.15) is 0 Å². The van der Waals surface area contributed by atoms with Crippen molar-refractivity contribution in [2.45, 2.75) is 33.2 Å². The number of benzene rings is 1. The molecule has 2 aromatic rings. The van der Waals surface area contributed by atoms with Gasteiger partial charge in [-0.1, -0.05) is 30.3 Å². The number of hydrogen-bond donors (Lipinski definition) is 1. The Morgan fingerprint density at radius 2 is 2.16 bits per heavy atom. The van der Waals surface area contributed by atoms with Crippen molar-refractivity contribution in [2.24, 2.45) is 10.9 Å². The van der Waals surface area contributed by atoms with Crippen LogP contribution in [0.2, 0.25) is 0 Å². The number of aliphatic imine (C=N–C) groups is 1. The second-order valence-corrected chi connectivity index (χ2v) is 6.81. The van der Waals surface area contributed by atoms with Crippen molar-refractivity contribution in [1.82, 2.24) is 20.0 Å². The maximum absolute atomic E-state index is 4.81. The number of aromatic nitrogens is 2. The zero-order valence-electron chi connectivity index (χ0n) is 15.4. The molecule has 1 aliphatic rings. The summed E-state index contributed by atoms with van der Waals surface area (Å²) in [6.07, 6.45) is 6.35. The van der Waals surface area contributed by atoms with E-state index >= 15 is 0 Å². The maximum atomic E-state index is 4.81. The lowest BCUT2D eigenvalue weighted by molar-refractivity contribution is 0.458. The summed E-state index contributed by atoms with van der Waals surface area (Å²) in [5, 5.41) is 7.78. The van der Waals surface area contributed by atoms with Gasteiger partial charge in [0.15, 0.2) is 5.96 Å². The predicted molar refractivity (Wildman–Crippen MR) is 103 cm³/mol. The molecule has 0 amide bonds. The molecule has 1 aromatic carbocycles. The van der Waals surface area contributed by atoms with Crippen molar-refractivity contribution in [2.75, 3.05) is 26.2 Å². The Morgan fingerprint density at radius 3 is 2.88 bits per heavy atom. The van der Waals surface area contributed by atoms with Gasteiger partial charge in [0, 0.05) is 25.8 Å². The Labute approximate surface area is 150 Å². The van der Waals surface area contributed by atoms with Crippen molar-refractivity contribution in [3.8, 4) is 0 Å². The van der Waals surface area contributed by atoms with Gasteiger partial charge in [-0.15, -0.1) is 0 Å². The lowest BCUT2D eigenvalue weighted by Gasteiger charge is -2.21. The van der Waals surface area contributed by atoms with E-state index < -0.39 is 0 Å². The minimum atomic E-state index is 0.708. The van der Waals surface area contributed by atoms with E-state index in [0.717, 1.165) is 45.1 Å². The van der Waals surface area contributed by atoms with Crippen molar-refractivity contribution < 1.29 is 0 Å². The highest BCUT2D eigenvalue weighted by atomic mass is 15.3. The molecule has 134 valence electrons. The summed E-state index contributed by atoms with van der Waals surface area (Å²) in [6.45, 7) is 8.84. The van der Waals surface area contributed by atoms with Crippen LogP contribution >= 0.6 is 0 Å². The summed E-state index contributed by atoms with van der Waals surface area (Å²) in [4.78, 5) is 7.22. The second kappa shape index (κ2) is 8.70. The molecule has 5 heteroatoms. The highest BCUT2D eigenvalue weighted by molar-refractivity contribution is 5.80. The number of hydrogen-bond acceptors (Lipinski definition) is 2. The van der Waals surface area contributed by atoms with E-state index in [1.54, 1.807) is 0 Å². The maximum Gasteiger partial charge on any atom is 0.193 e. The normalized spacial score (nSPS) is 17.9. The summed E-state index contributed by atoms with van der Waals surface area (Å²) in [7, 11) is 0. The predicted octanol–water partition coefficient (Wildman–Crippen LogP) is 2.72. The van der Waals surface area contributed by atoms with Gasteiger partial charge in [-0.3, -0.25) is 9.67 Å². The fraction of sp³-hybridized carbons (Fsp3) is 0.500. The van der Waals surface area contributed by atoms with Crippen LogP contribution in [-0.4, -0.2) is 46.8 Å². The molecule has 2 heterocycles. The molecule has 1 aromatic heterocycles. The molecule has 1 saturated heterocycles. The quantitative estimate of drug-likeness (QED) is 0.650. The standard InChI is InChI=1S/C20H29N5/c1-3-21-20(22-10-12-25-15-17(2)14-23-25)24-11-9-19(16-24)13-18-7-5-4-6-8-18/h4-8,14-15,19H,3,9-13,16H2,1-2H3,(H,21,22). The number of aryl methyl sites for hydroxylation is 1. The molecular weight excluding hydrogens is 310 g/mol. The summed E-state index contributed by atoms with van der Waals surface area (Å²) in [5.74, 6) is 1.75. The topological polar surface area (TPSA) is 45.5 Å². The fourth-order valence-corrected chi connectivity index (χ4v) is 3.41. The number of nitrogens with zero attached hydrogens (tertiary/aromatic N) is 4. The van der Waals surface area contributed by atoms with Gasteiger partial charge in [-0.05, 0) is 43.7 Å². The van der Waals surface area contributed by atoms with Crippen LogP contribution in [0.15, 0.2) is 47.7 Å². The number of guanidine groups is 1. The highest BCUT2D eigenvalue weighted by Crippen LogP contribution is 2.20. The molecule has 25 heavy (non-hydrogen) atoms. The molecule has 0 aliphatic carbocycles. The van der Waals surface area contributed by atoms with Gasteiger partial charge in [-0.25, -0.2) is 0 Å². The van der Waals surface area contributed by atoms with Gasteiger partial charge in [-0.2, -0.15) is 5.10 Å². The van der Waals surface area contributed by atoms with Crippen LogP contribution in [0.3, 0.4) is 0 Å². The van der Waals surface area contributed by atoms with Gasteiger partial charge in [0.25, 0.3) is 0 Å². The molecule has 1 N–H and O–H groups in total. The van der Waals surface area contributed by atoms with Crippen molar-refractivity contribution in [3.05, 3.63) is 53.9 Å². The van der Waals surface area contributed by atoms with E-state index in [4.69, 9.17) is 4.99 Å². The van der Waals surface area contributed by atoms with E-state index in [-0.39, 0.29) is 0 Å². The molecule has 1 aliphatic heterocycles. The second-order valence-electron chi connectivity index (χ2n) is 6.81. The Balaban J connectivity index is 1.54. The molecule has 1 atom stereocenters. The monoisotopic (exact) mass is 339 g/mol. The van der Waals surface area contributed by atoms with E-state index in [1.165, 1.54) is 17.5 Å². The molecule has 0 saturated carbocycles. The third-order valence-corrected chi connectivity index (χ3v) is 4.64. The highest BCUT2D eigenvalue weighted by Gasteiger charge is 2.24. The van der Waals surface area contributed by atoms with Crippen LogP contribution < -0.4 is 5.32 Å². The van der Waals surface area contributed by atoms with Gasteiger partial charge in [0.05, 0.1) is 19.3 Å². The Kier molecular flexibility index (Phi) is 6.09. The first kappa shape index (κ1) is 17.5. The first-order valence-electron chi connectivity index (χ1n) is 9.31. The minimum Gasteiger partial charge on any atom is -0.357 e. The van der Waals surface area contributed by atoms with Crippen LogP contribution in [0, 0.1) is 12.8 Å². The Bertz CT molecular complexity index is 676. The molecule has 0 spiro atoms. The van der Waals surface area contributed by atoms with Crippen LogP contribution in [0.25, 0.3) is 0 Å². The van der Waals surface area contributed by atoms with Crippen molar-refractivity contribution in [3.63, 3.8) is 0 Å². The van der Waals surface area contributed by atoms with Gasteiger partial charge >= 0.3 is 0 Å². The number of rotatable bonds is 6. The summed E-state index contributed by atoms with van der Waals surface area (Å²) < 4.78 is 1.96. The van der Waals surface area contributed by atoms with Crippen molar-refractivity contribution >= 4 is 5.96 Å². The summed E-state index contributed by atoms with van der Waals surface area (Å²) in [5.41, 5.74) is 2.63. The van der Waals surface area contributed by atoms with E-state index in [1.807, 2.05) is 10.9 Å². The zero-order valence-corrected chi connectivity index (χ0v) is 15.4. The Morgan fingerprint density at radius 1 is 1.32 bits per heavy atom. The van der Waals surface area contributed by atoms with E-state index in [0.29, 0.717) is 5.92 Å². The van der Waals surface area contributed by atoms with Crippen LogP contribution in [0.1, 0.15) is 24.5 Å². The Hall–Kier alpha value is -2.30. The number of likely N-dealkylation sites (tertiary alicyclic amines) is 1. The molecule has 1 fully saturated rings. The fourth-order valence-electron chi connectivity index (χ4n) is 3.41. The largest absolute Gasteiger partial charge is 0.357 e. The smallest absolute Gasteiger partial charge is 0.193 e. The number of nitrogens with one attached hydrogen (secondary N) is 1. The summed E-state index contributed by atoms with van der Waals surface area (Å²) in [6, 6.07) is 10.8. The van der Waals surface area contributed by atoms with E-state index in [9.17, 15) is 0 Å². The molecule has 1 unspecified atom stereocenters. The molecule has 3 rings (SSSR count). The summed E-state index contributed by atoms with van der Waals surface area (Å²) >= 11 is 0. The van der Waals surface area contributed by atoms with Crippen LogP contribution in [0.5, 0.6) is 0 Å². The molecule has 0 bridgehead atoms. The van der Waals surface area contributed by atoms with Gasteiger partial charge < -0.3 is 10.2 Å². The zero-order chi connectivity index (χ0) is 17.5. The lowest BCUT2D eigenvalue weighted by Crippen LogP contribution is -2.40. The lowest BCUT2D eigenvalue weighted by atomic mass is 9.99. The van der Waals surface area contributed by atoms with Crippen LogP contribution in [-0.2, 0) is 13.0 Å². The van der Waals surface area contributed by atoms with Crippen LogP contribution in [0.4, 0.5) is 0 Å². The average Bonchev–Trinajstić information content (AvgIpc) is 3.24. The SMILES string of the molecule is CCNC(=NCCn1cc(C)cn1)N1CCC(Cc2ccccc2)C1. The first-order valence-corrected chi connectivity index (χ1v) is 9.31. The van der Waals surface area contributed by atoms with Crippen molar-refractivity contribution in [1.29, 1.82) is 0 Å². The third-order valence-electron chi connectivity index (χ3n) is 4.64. The van der Waals surface area contributed by atoms with E-state index in [2.05, 4.69) is 65.7 Å².